The van der Waals surface area contributed by atoms with Gasteiger partial charge in [0.05, 0.1) is 31.4 Å². The van der Waals surface area contributed by atoms with Crippen molar-refractivity contribution in [1.29, 1.82) is 0 Å². The summed E-state index contributed by atoms with van der Waals surface area (Å²) in [5.74, 6) is 0.979. The Bertz CT molecular complexity index is 2870. The number of hydrogen-bond acceptors (Lipinski definition) is 12. The second-order valence-corrected chi connectivity index (χ2v) is 17.9. The third-order valence-electron chi connectivity index (χ3n) is 12.9. The van der Waals surface area contributed by atoms with Crippen molar-refractivity contribution in [2.75, 3.05) is 26.7 Å². The number of carbonyl (C=O) groups is 1. The number of nitrogens with zero attached hydrogens (tertiary/aromatic N) is 4. The van der Waals surface area contributed by atoms with Crippen LogP contribution >= 0.6 is 0 Å². The zero-order chi connectivity index (χ0) is 48.2. The fraction of sp³-hybridized carbons (Fsp3) is 0.250. The lowest BCUT2D eigenvalue weighted by atomic mass is 9.63. The van der Waals surface area contributed by atoms with Crippen molar-refractivity contribution in [1.82, 2.24) is 19.5 Å². The summed E-state index contributed by atoms with van der Waals surface area (Å²) in [7, 11) is 3.26. The molecule has 6 aromatic carbocycles. The Morgan fingerprint density at radius 3 is 1.62 bits per heavy atom. The number of nitrogen functional groups attached to an aromatic ring is 1. The molecule has 352 valence electrons. The van der Waals surface area contributed by atoms with Crippen LogP contribution in [0.2, 0.25) is 0 Å². The van der Waals surface area contributed by atoms with E-state index in [1.54, 1.807) is 39.6 Å². The zero-order valence-corrected chi connectivity index (χ0v) is 39.1. The highest BCUT2D eigenvalue weighted by molar-refractivity contribution is 5.81. The number of carbonyl (C=O) groups excluding carboxylic acids is 1. The number of benzene rings is 6. The Hall–Kier alpha value is -7.42. The van der Waals surface area contributed by atoms with Crippen LogP contribution in [0.1, 0.15) is 60.4 Å². The van der Waals surface area contributed by atoms with Crippen molar-refractivity contribution in [3.8, 4) is 11.5 Å². The van der Waals surface area contributed by atoms with Crippen molar-refractivity contribution >= 4 is 23.0 Å². The number of rotatable bonds is 16. The van der Waals surface area contributed by atoms with Crippen LogP contribution in [0, 0.1) is 5.41 Å². The van der Waals surface area contributed by atoms with Gasteiger partial charge in [0.15, 0.2) is 24.5 Å². The number of aromatic nitrogens is 4. The van der Waals surface area contributed by atoms with Crippen LogP contribution in [-0.4, -0.2) is 76.0 Å². The predicted molar refractivity (Wildman–Crippen MR) is 261 cm³/mol. The summed E-state index contributed by atoms with van der Waals surface area (Å²) in [5, 5.41) is 12.9. The van der Waals surface area contributed by atoms with E-state index < -0.39 is 59.8 Å². The van der Waals surface area contributed by atoms with Gasteiger partial charge in [-0.3, -0.25) is 9.36 Å². The van der Waals surface area contributed by atoms with Crippen molar-refractivity contribution in [2.24, 2.45) is 5.41 Å². The molecule has 13 nitrogen and oxygen atoms in total. The molecule has 9 rings (SSSR count). The van der Waals surface area contributed by atoms with Gasteiger partial charge in [-0.2, -0.15) is 0 Å². The summed E-state index contributed by atoms with van der Waals surface area (Å²) in [4.78, 5) is 26.6. The Morgan fingerprint density at radius 1 is 0.667 bits per heavy atom. The van der Waals surface area contributed by atoms with Crippen LogP contribution in [-0.2, 0) is 34.8 Å². The second-order valence-electron chi connectivity index (χ2n) is 17.9. The summed E-state index contributed by atoms with van der Waals surface area (Å²) >= 11 is 0. The van der Waals surface area contributed by atoms with E-state index >= 15 is 0 Å². The second kappa shape index (κ2) is 19.7. The number of ether oxygens (including phenoxy) is 6. The molecule has 0 radical (unpaired) electrons. The first kappa shape index (κ1) is 46.7. The van der Waals surface area contributed by atoms with Gasteiger partial charge >= 0.3 is 5.97 Å². The van der Waals surface area contributed by atoms with Gasteiger partial charge in [0.25, 0.3) is 0 Å². The molecule has 8 aromatic rings. The first-order valence-corrected chi connectivity index (χ1v) is 22.7. The van der Waals surface area contributed by atoms with Crippen molar-refractivity contribution < 1.29 is 38.3 Å². The summed E-state index contributed by atoms with van der Waals surface area (Å²) in [6.45, 7) is 4.78. The molecule has 0 amide bonds. The molecule has 0 aliphatic carbocycles. The standard InChI is InChI=1S/C56H55N5O8/c1-54(2,3)53(63)67-36-66-47-46(62)52(61-35-60-45-50(57)58-34-59-51(45)61)68-48(47)49(55(37-18-10-6-11-19-37,38-20-12-7-13-21-38)39-26-30-43(64-4)31-27-39)69-56(40-22-14-8-15-23-40,41-24-16-9-17-25-41)42-28-32-44(65-5)33-29-42/h6-35,46-49,52,62H,36H2,1-5H3,(H2,57,58,59)/t46-,47+,48+,49?,52-/m1/s1. The van der Waals surface area contributed by atoms with E-state index in [4.69, 9.17) is 34.2 Å². The van der Waals surface area contributed by atoms with Crippen LogP contribution in [0.5, 0.6) is 11.5 Å². The topological polar surface area (TPSA) is 162 Å². The fourth-order valence-electron chi connectivity index (χ4n) is 9.50. The molecule has 3 N–H and O–H groups in total. The van der Waals surface area contributed by atoms with Crippen molar-refractivity contribution in [3.63, 3.8) is 0 Å². The molecule has 69 heavy (non-hydrogen) atoms. The lowest BCUT2D eigenvalue weighted by molar-refractivity contribution is -0.191. The number of imidazole rings is 1. The average molecular weight is 926 g/mol. The highest BCUT2D eigenvalue weighted by Crippen LogP contribution is 2.53. The van der Waals surface area contributed by atoms with Crippen molar-refractivity contribution in [3.05, 3.63) is 216 Å². The van der Waals surface area contributed by atoms with Gasteiger partial charge in [-0.05, 0) is 78.4 Å². The van der Waals surface area contributed by atoms with Crippen molar-refractivity contribution in [2.45, 2.75) is 62.4 Å². The van der Waals surface area contributed by atoms with E-state index in [9.17, 15) is 9.90 Å². The maximum atomic E-state index is 13.4. The minimum atomic E-state index is -1.44. The Morgan fingerprint density at radius 2 is 1.13 bits per heavy atom. The summed E-state index contributed by atoms with van der Waals surface area (Å²) in [5.41, 5.74) is 8.27. The third-order valence-corrected chi connectivity index (χ3v) is 12.9. The van der Waals surface area contributed by atoms with Gasteiger partial charge in [0, 0.05) is 0 Å². The molecule has 0 bridgehead atoms. The number of aliphatic hydroxyl groups excluding tert-OH is 1. The van der Waals surface area contributed by atoms with Crippen LogP contribution in [0.3, 0.4) is 0 Å². The SMILES string of the molecule is COc1ccc(C(OC([C@H]2O[C@@H](n3cnc4c(N)ncnc43)[C@H](O)[C@@H]2OCOC(=O)C(C)(C)C)C(c2ccccc2)(c2ccccc2)c2ccc(OC)cc2)(c2ccccc2)c2ccccc2)cc1. The lowest BCUT2D eigenvalue weighted by Gasteiger charge is -2.50. The van der Waals surface area contributed by atoms with Gasteiger partial charge in [0.1, 0.15) is 53.4 Å². The first-order chi connectivity index (χ1) is 33.5. The van der Waals surface area contributed by atoms with Gasteiger partial charge in [-0.1, -0.05) is 146 Å². The lowest BCUT2D eigenvalue weighted by Crippen LogP contribution is -2.57. The van der Waals surface area contributed by atoms with Gasteiger partial charge in [-0.15, -0.1) is 0 Å². The van der Waals surface area contributed by atoms with Crippen LogP contribution < -0.4 is 15.2 Å². The molecule has 1 saturated heterocycles. The van der Waals surface area contributed by atoms with Crippen LogP contribution in [0.25, 0.3) is 11.2 Å². The Kier molecular flexibility index (Phi) is 13.3. The molecular weight excluding hydrogens is 871 g/mol. The number of fused-ring (bicyclic) bond motifs is 1. The van der Waals surface area contributed by atoms with E-state index in [0.717, 1.165) is 33.4 Å². The van der Waals surface area contributed by atoms with Gasteiger partial charge in [-0.25, -0.2) is 15.0 Å². The molecule has 0 spiro atoms. The van der Waals surface area contributed by atoms with E-state index in [1.165, 1.54) is 12.7 Å². The normalized spacial score (nSPS) is 17.9. The minimum absolute atomic E-state index is 0.160. The van der Waals surface area contributed by atoms with Crippen LogP contribution in [0.15, 0.2) is 183 Å². The minimum Gasteiger partial charge on any atom is -0.497 e. The Balaban J connectivity index is 1.39. The number of hydrogen-bond donors (Lipinski definition) is 2. The quantitative estimate of drug-likeness (QED) is 0.0538. The summed E-state index contributed by atoms with van der Waals surface area (Å²) in [6.07, 6.45) is -3.37. The summed E-state index contributed by atoms with van der Waals surface area (Å²) < 4.78 is 41.4. The van der Waals surface area contributed by atoms with Gasteiger partial charge < -0.3 is 39.3 Å². The molecule has 1 aliphatic heterocycles. The zero-order valence-electron chi connectivity index (χ0n) is 39.1. The highest BCUT2D eigenvalue weighted by atomic mass is 16.7. The number of methoxy groups -OCH3 is 2. The highest BCUT2D eigenvalue weighted by Gasteiger charge is 2.60. The van der Waals surface area contributed by atoms with E-state index in [2.05, 4.69) is 39.2 Å². The fourth-order valence-corrected chi connectivity index (χ4v) is 9.50. The predicted octanol–water partition coefficient (Wildman–Crippen LogP) is 9.03. The molecule has 1 fully saturated rings. The van der Waals surface area contributed by atoms with E-state index in [-0.39, 0.29) is 5.82 Å². The molecule has 3 heterocycles. The first-order valence-electron chi connectivity index (χ1n) is 22.7. The molecule has 2 aromatic heterocycles. The molecule has 13 heteroatoms. The number of anilines is 1. The molecule has 1 aliphatic rings. The number of nitrogens with two attached hydrogens (primary N) is 1. The average Bonchev–Trinajstić information content (AvgIpc) is 3.97. The molecule has 0 saturated carbocycles. The third kappa shape index (κ3) is 8.70. The Labute approximate surface area is 401 Å². The largest absolute Gasteiger partial charge is 0.497 e. The monoisotopic (exact) mass is 925 g/mol. The number of aliphatic hydroxyl groups is 1. The maximum absolute atomic E-state index is 13.4. The molecule has 1 unspecified atom stereocenters. The molecule has 5 atom stereocenters. The van der Waals surface area contributed by atoms with E-state index in [1.807, 2.05) is 146 Å². The van der Waals surface area contributed by atoms with Crippen LogP contribution in [0.4, 0.5) is 5.82 Å². The smallest absolute Gasteiger partial charge is 0.313 e. The summed E-state index contributed by atoms with van der Waals surface area (Å²) in [6, 6.07) is 56.0. The maximum Gasteiger partial charge on any atom is 0.313 e. The van der Waals surface area contributed by atoms with Gasteiger partial charge in [0.2, 0.25) is 0 Å². The number of esters is 1. The van der Waals surface area contributed by atoms with E-state index in [0.29, 0.717) is 22.7 Å². The molecular formula is C56H55N5O8.